The van der Waals surface area contributed by atoms with Crippen molar-refractivity contribution in [2.45, 2.75) is 26.8 Å². The van der Waals surface area contributed by atoms with Crippen molar-refractivity contribution >= 4 is 17.5 Å². The number of amides is 2. The minimum Gasteiger partial charge on any atom is -0.350 e. The molecule has 21 heavy (non-hydrogen) atoms. The monoisotopic (exact) mass is 287 g/mol. The van der Waals surface area contributed by atoms with Crippen LogP contribution in [0.1, 0.15) is 40.6 Å². The second-order valence-electron chi connectivity index (χ2n) is 4.90. The van der Waals surface area contributed by atoms with Crippen molar-refractivity contribution in [1.82, 2.24) is 20.5 Å². The molecule has 0 spiro atoms. The Kier molecular flexibility index (Phi) is 4.32. The molecule has 110 valence electrons. The predicted octanol–water partition coefficient (Wildman–Crippen LogP) is 1.50. The number of benzene rings is 1. The Hall–Kier alpha value is -2.70. The minimum atomic E-state index is -0.404. The van der Waals surface area contributed by atoms with E-state index < -0.39 is 5.91 Å². The largest absolute Gasteiger partial charge is 0.350 e. The van der Waals surface area contributed by atoms with Gasteiger partial charge in [-0.15, -0.1) is 5.10 Å². The predicted molar refractivity (Wildman–Crippen MR) is 78.1 cm³/mol. The van der Waals surface area contributed by atoms with E-state index in [0.29, 0.717) is 17.1 Å². The van der Waals surface area contributed by atoms with Gasteiger partial charge in [-0.05, 0) is 45.0 Å². The first kappa shape index (κ1) is 14.7. The fraction of sp³-hybridized carbons (Fsp3) is 0.286. The van der Waals surface area contributed by atoms with E-state index >= 15 is 0 Å². The van der Waals surface area contributed by atoms with Gasteiger partial charge in [-0.2, -0.15) is 0 Å². The number of anilines is 1. The summed E-state index contributed by atoms with van der Waals surface area (Å²) in [6.07, 6.45) is 0. The topological polar surface area (TPSA) is 99.8 Å². The fourth-order valence-electron chi connectivity index (χ4n) is 1.68. The van der Waals surface area contributed by atoms with Gasteiger partial charge in [0.1, 0.15) is 5.82 Å². The fourth-order valence-corrected chi connectivity index (χ4v) is 1.68. The zero-order valence-corrected chi connectivity index (χ0v) is 12.1. The second kappa shape index (κ2) is 6.17. The van der Waals surface area contributed by atoms with Crippen LogP contribution in [-0.4, -0.2) is 33.0 Å². The molecule has 2 aromatic rings. The highest BCUT2D eigenvalue weighted by Gasteiger charge is 2.12. The van der Waals surface area contributed by atoms with Gasteiger partial charge in [0.15, 0.2) is 0 Å². The van der Waals surface area contributed by atoms with Gasteiger partial charge < -0.3 is 10.6 Å². The molecule has 7 nitrogen and oxygen atoms in total. The van der Waals surface area contributed by atoms with Crippen LogP contribution in [0.15, 0.2) is 24.3 Å². The number of nitrogens with zero attached hydrogens (tertiary/aromatic N) is 2. The number of hydrogen-bond donors (Lipinski definition) is 3. The highest BCUT2D eigenvalue weighted by atomic mass is 16.2. The van der Waals surface area contributed by atoms with Crippen molar-refractivity contribution < 1.29 is 9.59 Å². The maximum absolute atomic E-state index is 11.9. The Morgan fingerprint density at radius 3 is 2.33 bits per heavy atom. The maximum atomic E-state index is 11.9. The van der Waals surface area contributed by atoms with E-state index in [2.05, 4.69) is 25.8 Å². The third-order valence-electron chi connectivity index (χ3n) is 2.63. The summed E-state index contributed by atoms with van der Waals surface area (Å²) in [5, 5.41) is 11.8. The molecule has 7 heteroatoms. The molecule has 3 N–H and O–H groups in total. The highest BCUT2D eigenvalue weighted by Crippen LogP contribution is 2.10. The molecule has 1 heterocycles. The summed E-state index contributed by atoms with van der Waals surface area (Å²) >= 11 is 0. The molecule has 0 bridgehead atoms. The summed E-state index contributed by atoms with van der Waals surface area (Å²) in [4.78, 5) is 27.6. The van der Waals surface area contributed by atoms with E-state index in [-0.39, 0.29) is 17.8 Å². The summed E-state index contributed by atoms with van der Waals surface area (Å²) in [6.45, 7) is 5.50. The number of rotatable bonds is 4. The maximum Gasteiger partial charge on any atom is 0.295 e. The van der Waals surface area contributed by atoms with Crippen LogP contribution in [0.2, 0.25) is 0 Å². The Morgan fingerprint density at radius 2 is 1.81 bits per heavy atom. The number of H-pyrrole nitrogens is 1. The lowest BCUT2D eigenvalue weighted by molar-refractivity contribution is 0.0942. The van der Waals surface area contributed by atoms with E-state index in [9.17, 15) is 9.59 Å². The van der Waals surface area contributed by atoms with Crippen molar-refractivity contribution in [1.29, 1.82) is 0 Å². The summed E-state index contributed by atoms with van der Waals surface area (Å²) in [5.41, 5.74) is 1.11. The molecule has 0 saturated heterocycles. The number of aryl methyl sites for hydroxylation is 1. The van der Waals surface area contributed by atoms with Gasteiger partial charge >= 0.3 is 0 Å². The number of aromatic amines is 1. The number of carbonyl (C=O) groups excluding carboxylic acids is 2. The Balaban J connectivity index is 2.02. The molecule has 1 aromatic heterocycles. The Bertz CT molecular complexity index is 646. The van der Waals surface area contributed by atoms with E-state index in [1.807, 2.05) is 13.8 Å². The first-order valence-corrected chi connectivity index (χ1v) is 6.57. The number of aromatic nitrogens is 3. The Labute approximate surface area is 122 Å². The van der Waals surface area contributed by atoms with Crippen LogP contribution in [0.3, 0.4) is 0 Å². The second-order valence-corrected chi connectivity index (χ2v) is 4.90. The van der Waals surface area contributed by atoms with Crippen molar-refractivity contribution in [2.24, 2.45) is 0 Å². The molecule has 0 aliphatic heterocycles. The van der Waals surface area contributed by atoms with Crippen LogP contribution in [0, 0.1) is 6.92 Å². The third-order valence-corrected chi connectivity index (χ3v) is 2.63. The van der Waals surface area contributed by atoms with Gasteiger partial charge in [-0.3, -0.25) is 14.7 Å². The van der Waals surface area contributed by atoms with E-state index in [4.69, 9.17) is 0 Å². The van der Waals surface area contributed by atoms with Gasteiger partial charge in [-0.25, -0.2) is 4.98 Å². The van der Waals surface area contributed by atoms with Crippen molar-refractivity contribution in [3.8, 4) is 0 Å². The standard InChI is InChI=1S/C14H17N5O2/c1-8(2)15-13(20)10-4-6-11(7-5-10)17-14(21)12-16-9(3)18-19-12/h4-8H,1-3H3,(H,15,20)(H,17,21)(H,16,18,19). The number of carbonyl (C=O) groups is 2. The van der Waals surface area contributed by atoms with E-state index in [1.165, 1.54) is 0 Å². The van der Waals surface area contributed by atoms with Crippen LogP contribution in [0.4, 0.5) is 5.69 Å². The summed E-state index contributed by atoms with van der Waals surface area (Å²) in [6, 6.07) is 6.69. The van der Waals surface area contributed by atoms with E-state index in [0.717, 1.165) is 0 Å². The molecule has 1 aromatic carbocycles. The lowest BCUT2D eigenvalue weighted by atomic mass is 10.2. The summed E-state index contributed by atoms with van der Waals surface area (Å²) < 4.78 is 0. The molecule has 0 saturated carbocycles. The van der Waals surface area contributed by atoms with Crippen LogP contribution in [0.5, 0.6) is 0 Å². The summed E-state index contributed by atoms with van der Waals surface area (Å²) in [7, 11) is 0. The summed E-state index contributed by atoms with van der Waals surface area (Å²) in [5.74, 6) is 0.0983. The van der Waals surface area contributed by atoms with Crippen LogP contribution in [-0.2, 0) is 0 Å². The van der Waals surface area contributed by atoms with Gasteiger partial charge in [0.05, 0.1) is 0 Å². The van der Waals surface area contributed by atoms with Crippen molar-refractivity contribution in [2.75, 3.05) is 5.32 Å². The Morgan fingerprint density at radius 1 is 1.14 bits per heavy atom. The first-order chi connectivity index (χ1) is 9.95. The molecule has 0 unspecified atom stereocenters. The quantitative estimate of drug-likeness (QED) is 0.793. The molecule has 0 radical (unpaired) electrons. The third kappa shape index (κ3) is 3.88. The zero-order valence-electron chi connectivity index (χ0n) is 12.1. The van der Waals surface area contributed by atoms with Crippen molar-refractivity contribution in [3.05, 3.63) is 41.5 Å². The molecule has 0 fully saturated rings. The van der Waals surface area contributed by atoms with Gasteiger partial charge in [0.25, 0.3) is 11.8 Å². The number of hydrogen-bond acceptors (Lipinski definition) is 4. The molecule has 0 atom stereocenters. The zero-order chi connectivity index (χ0) is 15.4. The average molecular weight is 287 g/mol. The van der Waals surface area contributed by atoms with Gasteiger partial charge in [0.2, 0.25) is 5.82 Å². The normalized spacial score (nSPS) is 10.5. The molecular formula is C14H17N5O2. The van der Waals surface area contributed by atoms with Gasteiger partial charge in [0, 0.05) is 17.3 Å². The van der Waals surface area contributed by atoms with Crippen LogP contribution < -0.4 is 10.6 Å². The minimum absolute atomic E-state index is 0.0749. The average Bonchev–Trinajstić information content (AvgIpc) is 2.85. The molecule has 2 rings (SSSR count). The van der Waals surface area contributed by atoms with Gasteiger partial charge in [-0.1, -0.05) is 0 Å². The van der Waals surface area contributed by atoms with Crippen molar-refractivity contribution in [3.63, 3.8) is 0 Å². The van der Waals surface area contributed by atoms with E-state index in [1.54, 1.807) is 31.2 Å². The molecular weight excluding hydrogens is 270 g/mol. The highest BCUT2D eigenvalue weighted by molar-refractivity contribution is 6.02. The SMILES string of the molecule is Cc1nc(C(=O)Nc2ccc(C(=O)NC(C)C)cc2)n[nH]1. The lowest BCUT2D eigenvalue weighted by Gasteiger charge is -2.09. The van der Waals surface area contributed by atoms with Crippen LogP contribution >= 0.6 is 0 Å². The molecule has 0 aliphatic rings. The molecule has 0 aliphatic carbocycles. The smallest absolute Gasteiger partial charge is 0.295 e. The molecule has 2 amide bonds. The first-order valence-electron chi connectivity index (χ1n) is 6.57. The number of nitrogens with one attached hydrogen (secondary N) is 3. The van der Waals surface area contributed by atoms with Crippen LogP contribution in [0.25, 0.3) is 0 Å². The lowest BCUT2D eigenvalue weighted by Crippen LogP contribution is -2.30.